The second kappa shape index (κ2) is 7.66. The van der Waals surface area contributed by atoms with E-state index in [1.807, 2.05) is 6.07 Å². The highest BCUT2D eigenvalue weighted by Gasteiger charge is 2.31. The van der Waals surface area contributed by atoms with Crippen LogP contribution in [0.15, 0.2) is 52.6 Å². The molecule has 0 saturated heterocycles. The summed E-state index contributed by atoms with van der Waals surface area (Å²) in [4.78, 5) is 18.5. The minimum atomic E-state index is -3.78. The lowest BCUT2D eigenvalue weighted by molar-refractivity contribution is 0.103. The van der Waals surface area contributed by atoms with Gasteiger partial charge in [-0.3, -0.25) is 4.79 Å². The average molecular weight is 439 g/mol. The van der Waals surface area contributed by atoms with Crippen LogP contribution in [0.1, 0.15) is 33.5 Å². The molecule has 0 aliphatic carbocycles. The normalized spacial score (nSPS) is 13.7. The van der Waals surface area contributed by atoms with E-state index in [4.69, 9.17) is 4.84 Å². The van der Waals surface area contributed by atoms with Gasteiger partial charge in [0.1, 0.15) is 6.61 Å². The average Bonchev–Trinajstić information content (AvgIpc) is 3.38. The van der Waals surface area contributed by atoms with Gasteiger partial charge in [-0.05, 0) is 18.6 Å². The molecule has 2 heterocycles. The number of aromatic nitrogens is 2. The van der Waals surface area contributed by atoms with Gasteiger partial charge in [-0.2, -0.15) is 5.10 Å². The van der Waals surface area contributed by atoms with E-state index < -0.39 is 9.84 Å². The Morgan fingerprint density at radius 3 is 2.45 bits per heavy atom. The van der Waals surface area contributed by atoms with Crippen molar-refractivity contribution in [2.24, 2.45) is 12.2 Å². The lowest BCUT2D eigenvalue weighted by Gasteiger charge is -2.19. The van der Waals surface area contributed by atoms with Crippen LogP contribution in [0.4, 0.5) is 0 Å². The van der Waals surface area contributed by atoms with E-state index in [-0.39, 0.29) is 27.7 Å². The zero-order valence-electron chi connectivity index (χ0n) is 17.3. The van der Waals surface area contributed by atoms with Crippen molar-refractivity contribution in [2.75, 3.05) is 12.9 Å². The van der Waals surface area contributed by atoms with E-state index in [0.717, 1.165) is 6.26 Å². The van der Waals surface area contributed by atoms with Crippen LogP contribution in [0, 0.1) is 6.92 Å². The summed E-state index contributed by atoms with van der Waals surface area (Å²) >= 11 is 0. The minimum Gasteiger partial charge on any atom is -0.493 e. The fourth-order valence-corrected chi connectivity index (χ4v) is 4.98. The fourth-order valence-electron chi connectivity index (χ4n) is 3.77. The lowest BCUT2D eigenvalue weighted by atomic mass is 9.89. The maximum atomic E-state index is 13.4. The molecule has 0 radical (unpaired) electrons. The predicted molar refractivity (Wildman–Crippen MR) is 115 cm³/mol. The van der Waals surface area contributed by atoms with E-state index in [0.29, 0.717) is 41.0 Å². The third kappa shape index (κ3) is 3.61. The standard InChI is InChI=1S/C22H21N3O5S/c1-13-15(20(26)14-7-5-4-6-8-14)11-16(17-12-23-25(2)22(17)27)21(31(3,28)29)19(13)18-9-10-30-24-18/h4-8,11-12,27H,9-10H2,1-3H3. The summed E-state index contributed by atoms with van der Waals surface area (Å²) in [6.07, 6.45) is 2.88. The van der Waals surface area contributed by atoms with Crippen LogP contribution in [-0.4, -0.2) is 47.7 Å². The highest BCUT2D eigenvalue weighted by Crippen LogP contribution is 2.39. The van der Waals surface area contributed by atoms with Crippen LogP contribution in [0.5, 0.6) is 5.88 Å². The molecule has 0 saturated carbocycles. The summed E-state index contributed by atoms with van der Waals surface area (Å²) < 4.78 is 27.1. The Labute approximate surface area is 179 Å². The molecule has 3 aromatic rings. The van der Waals surface area contributed by atoms with Crippen molar-refractivity contribution >= 4 is 21.3 Å². The summed E-state index contributed by atoms with van der Waals surface area (Å²) in [6, 6.07) is 10.2. The zero-order valence-corrected chi connectivity index (χ0v) is 18.1. The smallest absolute Gasteiger partial charge is 0.217 e. The zero-order chi connectivity index (χ0) is 22.3. The van der Waals surface area contributed by atoms with Gasteiger partial charge in [-0.1, -0.05) is 35.5 Å². The van der Waals surface area contributed by atoms with Crippen LogP contribution >= 0.6 is 0 Å². The van der Waals surface area contributed by atoms with Crippen LogP contribution < -0.4 is 0 Å². The van der Waals surface area contributed by atoms with Crippen molar-refractivity contribution in [3.8, 4) is 17.0 Å². The molecule has 0 amide bonds. The molecule has 160 valence electrons. The molecule has 9 heteroatoms. The van der Waals surface area contributed by atoms with Gasteiger partial charge in [0.05, 0.1) is 22.4 Å². The van der Waals surface area contributed by atoms with Crippen LogP contribution in [0.3, 0.4) is 0 Å². The van der Waals surface area contributed by atoms with Gasteiger partial charge in [-0.25, -0.2) is 13.1 Å². The monoisotopic (exact) mass is 439 g/mol. The number of carbonyl (C=O) groups is 1. The van der Waals surface area contributed by atoms with E-state index in [1.54, 1.807) is 38.2 Å². The van der Waals surface area contributed by atoms with Crippen molar-refractivity contribution in [1.82, 2.24) is 9.78 Å². The minimum absolute atomic E-state index is 0.0119. The van der Waals surface area contributed by atoms with E-state index >= 15 is 0 Å². The van der Waals surface area contributed by atoms with Crippen molar-refractivity contribution in [3.63, 3.8) is 0 Å². The lowest BCUT2D eigenvalue weighted by Crippen LogP contribution is -2.16. The first kappa shape index (κ1) is 20.8. The Balaban J connectivity index is 2.11. The molecular weight excluding hydrogens is 418 g/mol. The Morgan fingerprint density at radius 2 is 1.90 bits per heavy atom. The maximum Gasteiger partial charge on any atom is 0.217 e. The Kier molecular flexibility index (Phi) is 5.14. The summed E-state index contributed by atoms with van der Waals surface area (Å²) in [5.41, 5.74) is 2.47. The SMILES string of the molecule is Cc1c(C(=O)c2ccccc2)cc(-c2cnn(C)c2O)c(S(C)(=O)=O)c1C1=NOCC1. The van der Waals surface area contributed by atoms with Crippen molar-refractivity contribution < 1.29 is 23.2 Å². The molecule has 1 aromatic heterocycles. The molecule has 0 fully saturated rings. The Morgan fingerprint density at radius 1 is 1.19 bits per heavy atom. The molecular formula is C22H21N3O5S. The fraction of sp³-hybridized carbons (Fsp3) is 0.227. The Hall–Kier alpha value is -3.46. The predicted octanol–water partition coefficient (Wildman–Crippen LogP) is 2.86. The van der Waals surface area contributed by atoms with E-state index in [9.17, 15) is 18.3 Å². The van der Waals surface area contributed by atoms with Gasteiger partial charge >= 0.3 is 0 Å². The second-order valence-corrected chi connectivity index (χ2v) is 9.35. The number of carbonyl (C=O) groups excluding carboxylic acids is 1. The van der Waals surface area contributed by atoms with Crippen molar-refractivity contribution in [2.45, 2.75) is 18.2 Å². The Bertz CT molecular complexity index is 1320. The molecule has 4 rings (SSSR count). The third-order valence-corrected chi connectivity index (χ3v) is 6.45. The first-order valence-corrected chi connectivity index (χ1v) is 11.5. The van der Waals surface area contributed by atoms with Gasteiger partial charge in [0, 0.05) is 42.0 Å². The number of sulfone groups is 1. The topological polar surface area (TPSA) is 111 Å². The van der Waals surface area contributed by atoms with Gasteiger partial charge in [0.25, 0.3) is 0 Å². The molecule has 0 bridgehead atoms. The van der Waals surface area contributed by atoms with Gasteiger partial charge in [0.15, 0.2) is 15.6 Å². The number of aromatic hydroxyl groups is 1. The van der Waals surface area contributed by atoms with Gasteiger partial charge in [-0.15, -0.1) is 0 Å². The van der Waals surface area contributed by atoms with Gasteiger partial charge in [0.2, 0.25) is 5.88 Å². The molecule has 1 N–H and O–H groups in total. The molecule has 1 aliphatic rings. The van der Waals surface area contributed by atoms with Crippen LogP contribution in [-0.2, 0) is 21.7 Å². The quantitative estimate of drug-likeness (QED) is 0.612. The molecule has 2 aromatic carbocycles. The first-order chi connectivity index (χ1) is 14.7. The highest BCUT2D eigenvalue weighted by molar-refractivity contribution is 7.91. The summed E-state index contributed by atoms with van der Waals surface area (Å²) in [7, 11) is -2.24. The first-order valence-electron chi connectivity index (χ1n) is 9.58. The number of oxime groups is 1. The number of ketones is 1. The van der Waals surface area contributed by atoms with E-state index in [1.165, 1.54) is 16.9 Å². The third-order valence-electron chi connectivity index (χ3n) is 5.28. The maximum absolute atomic E-state index is 13.4. The molecule has 0 atom stereocenters. The van der Waals surface area contributed by atoms with Crippen molar-refractivity contribution in [3.05, 3.63) is 64.8 Å². The van der Waals surface area contributed by atoms with Crippen LogP contribution in [0.2, 0.25) is 0 Å². The summed E-state index contributed by atoms with van der Waals surface area (Å²) in [5.74, 6) is -0.467. The number of rotatable bonds is 5. The number of hydrogen-bond acceptors (Lipinski definition) is 7. The summed E-state index contributed by atoms with van der Waals surface area (Å²) in [5, 5.41) is 18.6. The second-order valence-electron chi connectivity index (χ2n) is 7.39. The summed E-state index contributed by atoms with van der Waals surface area (Å²) in [6.45, 7) is 2.02. The van der Waals surface area contributed by atoms with E-state index in [2.05, 4.69) is 10.3 Å². The molecule has 1 aliphatic heterocycles. The molecule has 0 unspecified atom stereocenters. The number of benzene rings is 2. The largest absolute Gasteiger partial charge is 0.493 e. The van der Waals surface area contributed by atoms with Gasteiger partial charge < -0.3 is 9.94 Å². The van der Waals surface area contributed by atoms with Crippen molar-refractivity contribution in [1.29, 1.82) is 0 Å². The number of aryl methyl sites for hydroxylation is 1. The number of nitrogens with zero attached hydrogens (tertiary/aromatic N) is 3. The molecule has 8 nitrogen and oxygen atoms in total. The number of hydrogen-bond donors (Lipinski definition) is 1. The molecule has 31 heavy (non-hydrogen) atoms. The highest BCUT2D eigenvalue weighted by atomic mass is 32.2. The molecule has 0 spiro atoms. The van der Waals surface area contributed by atoms with Crippen LogP contribution in [0.25, 0.3) is 11.1 Å².